The van der Waals surface area contributed by atoms with Gasteiger partial charge in [-0.3, -0.25) is 10.1 Å². The average molecular weight is 436 g/mol. The molecule has 3 rings (SSSR count). The Morgan fingerprint density at radius 3 is 2.78 bits per heavy atom. The summed E-state index contributed by atoms with van der Waals surface area (Å²) in [4.78, 5) is 18.9. The Morgan fingerprint density at radius 1 is 1.26 bits per heavy atom. The smallest absolute Gasteiger partial charge is 0.353 e. The minimum atomic E-state index is -0.568. The standard InChI is InChI=1S/C18H19BrFN5O2/c19-13-6-7-15(14(20)10-13)24-18-16(25(26)27)17(22-11-23-18)21-9-8-12-4-2-1-3-5-12/h4,6-7,10-11H,1-3,5,8-9H2,(H2,21,22,23,24). The number of hydrogen-bond acceptors (Lipinski definition) is 6. The number of hydrogen-bond donors (Lipinski definition) is 2. The first-order valence-electron chi connectivity index (χ1n) is 8.68. The summed E-state index contributed by atoms with van der Waals surface area (Å²) in [5.74, 6) is -0.488. The Balaban J connectivity index is 1.77. The fraction of sp³-hybridized carbons (Fsp3) is 0.333. The van der Waals surface area contributed by atoms with Crippen LogP contribution in [0.3, 0.4) is 0 Å². The zero-order valence-corrected chi connectivity index (χ0v) is 16.1. The van der Waals surface area contributed by atoms with Crippen LogP contribution >= 0.6 is 15.9 Å². The van der Waals surface area contributed by atoms with E-state index in [0.717, 1.165) is 19.3 Å². The van der Waals surface area contributed by atoms with Crippen molar-refractivity contribution < 1.29 is 9.31 Å². The van der Waals surface area contributed by atoms with E-state index < -0.39 is 10.7 Å². The summed E-state index contributed by atoms with van der Waals surface area (Å²) >= 11 is 3.18. The highest BCUT2D eigenvalue weighted by molar-refractivity contribution is 9.10. The monoisotopic (exact) mass is 435 g/mol. The van der Waals surface area contributed by atoms with E-state index in [4.69, 9.17) is 0 Å². The van der Waals surface area contributed by atoms with Gasteiger partial charge in [-0.2, -0.15) is 0 Å². The Kier molecular flexibility index (Phi) is 6.33. The lowest BCUT2D eigenvalue weighted by molar-refractivity contribution is -0.383. The first kappa shape index (κ1) is 19.2. The zero-order chi connectivity index (χ0) is 19.2. The molecule has 1 aliphatic rings. The van der Waals surface area contributed by atoms with Crippen LogP contribution in [0.2, 0.25) is 0 Å². The maximum atomic E-state index is 14.1. The van der Waals surface area contributed by atoms with E-state index in [-0.39, 0.29) is 23.0 Å². The van der Waals surface area contributed by atoms with Crippen LogP contribution in [0.15, 0.2) is 40.6 Å². The van der Waals surface area contributed by atoms with E-state index >= 15 is 0 Å². The van der Waals surface area contributed by atoms with Crippen LogP contribution in [0.1, 0.15) is 32.1 Å². The topological polar surface area (TPSA) is 93.0 Å². The van der Waals surface area contributed by atoms with Crippen molar-refractivity contribution in [2.24, 2.45) is 0 Å². The zero-order valence-electron chi connectivity index (χ0n) is 14.5. The van der Waals surface area contributed by atoms with Gasteiger partial charge in [-0.25, -0.2) is 14.4 Å². The second-order valence-corrected chi connectivity index (χ2v) is 7.13. The van der Waals surface area contributed by atoms with Gasteiger partial charge in [0.1, 0.15) is 12.1 Å². The minimum Gasteiger partial charge on any atom is -0.364 e. The van der Waals surface area contributed by atoms with E-state index in [1.54, 1.807) is 6.07 Å². The molecule has 9 heteroatoms. The Labute approximate surface area is 164 Å². The fourth-order valence-corrected chi connectivity index (χ4v) is 3.30. The lowest BCUT2D eigenvalue weighted by Crippen LogP contribution is -2.10. The van der Waals surface area contributed by atoms with Crippen LogP contribution in [0.25, 0.3) is 0 Å². The number of halogens is 2. The first-order valence-corrected chi connectivity index (χ1v) is 9.47. The number of anilines is 3. The van der Waals surface area contributed by atoms with E-state index in [1.807, 2.05) is 0 Å². The summed E-state index contributed by atoms with van der Waals surface area (Å²) in [5, 5.41) is 17.3. The maximum Gasteiger partial charge on any atom is 0.353 e. The molecule has 0 fully saturated rings. The average Bonchev–Trinajstić information content (AvgIpc) is 2.65. The quantitative estimate of drug-likeness (QED) is 0.346. The van der Waals surface area contributed by atoms with Gasteiger partial charge in [0.25, 0.3) is 0 Å². The van der Waals surface area contributed by atoms with Gasteiger partial charge in [0.15, 0.2) is 0 Å². The number of allylic oxidation sites excluding steroid dienone is 1. The third-order valence-corrected chi connectivity index (χ3v) is 4.81. The van der Waals surface area contributed by atoms with Crippen LogP contribution in [-0.2, 0) is 0 Å². The van der Waals surface area contributed by atoms with Crippen LogP contribution in [0.5, 0.6) is 0 Å². The molecule has 0 unspecified atom stereocenters. The van der Waals surface area contributed by atoms with Crippen molar-refractivity contribution in [1.82, 2.24) is 9.97 Å². The molecule has 2 N–H and O–H groups in total. The number of rotatable bonds is 7. The molecule has 0 spiro atoms. The molecule has 2 aromatic rings. The first-order chi connectivity index (χ1) is 13.0. The molecule has 0 amide bonds. The van der Waals surface area contributed by atoms with Gasteiger partial charge in [-0.1, -0.05) is 27.6 Å². The molecule has 1 heterocycles. The van der Waals surface area contributed by atoms with Gasteiger partial charge in [0.2, 0.25) is 11.6 Å². The Hall–Kier alpha value is -2.55. The molecule has 0 radical (unpaired) electrons. The van der Waals surface area contributed by atoms with Crippen LogP contribution in [0.4, 0.5) is 27.4 Å². The molecular formula is C18H19BrFN5O2. The van der Waals surface area contributed by atoms with Gasteiger partial charge in [-0.05, 0) is 50.3 Å². The summed E-state index contributed by atoms with van der Waals surface area (Å²) in [6.07, 6.45) is 8.84. The van der Waals surface area contributed by atoms with Crippen molar-refractivity contribution >= 4 is 38.9 Å². The number of nitrogens with zero attached hydrogens (tertiary/aromatic N) is 3. The lowest BCUT2D eigenvalue weighted by atomic mass is 9.97. The summed E-state index contributed by atoms with van der Waals surface area (Å²) in [6.45, 7) is 0.537. The number of nitrogens with one attached hydrogen (secondary N) is 2. The number of aromatic nitrogens is 2. The van der Waals surface area contributed by atoms with Crippen LogP contribution in [-0.4, -0.2) is 21.4 Å². The Bertz CT molecular complexity index is 875. The van der Waals surface area contributed by atoms with Crippen molar-refractivity contribution in [1.29, 1.82) is 0 Å². The molecule has 1 aromatic heterocycles. The maximum absolute atomic E-state index is 14.1. The highest BCUT2D eigenvalue weighted by atomic mass is 79.9. The van der Waals surface area contributed by atoms with Gasteiger partial charge in [0, 0.05) is 11.0 Å². The Morgan fingerprint density at radius 2 is 2.07 bits per heavy atom. The molecule has 27 heavy (non-hydrogen) atoms. The van der Waals surface area contributed by atoms with Gasteiger partial charge in [-0.15, -0.1) is 0 Å². The second kappa shape index (κ2) is 8.90. The third-order valence-electron chi connectivity index (χ3n) is 4.31. The van der Waals surface area contributed by atoms with E-state index in [2.05, 4.69) is 42.6 Å². The van der Waals surface area contributed by atoms with E-state index in [1.165, 1.54) is 36.9 Å². The second-order valence-electron chi connectivity index (χ2n) is 6.21. The van der Waals surface area contributed by atoms with Crippen molar-refractivity contribution in [3.05, 3.63) is 56.6 Å². The molecule has 0 saturated carbocycles. The summed E-state index contributed by atoms with van der Waals surface area (Å²) in [6, 6.07) is 4.38. The molecule has 0 atom stereocenters. The van der Waals surface area contributed by atoms with E-state index in [0.29, 0.717) is 11.0 Å². The van der Waals surface area contributed by atoms with Gasteiger partial charge < -0.3 is 10.6 Å². The largest absolute Gasteiger partial charge is 0.364 e. The van der Waals surface area contributed by atoms with Crippen LogP contribution in [0, 0.1) is 15.9 Å². The normalized spacial score (nSPS) is 13.8. The highest BCUT2D eigenvalue weighted by Crippen LogP contribution is 2.32. The summed E-state index contributed by atoms with van der Waals surface area (Å²) < 4.78 is 14.6. The van der Waals surface area contributed by atoms with Gasteiger partial charge >= 0.3 is 5.69 Å². The number of benzene rings is 1. The molecule has 0 aliphatic heterocycles. The fourth-order valence-electron chi connectivity index (χ4n) is 2.96. The molecule has 1 aliphatic carbocycles. The van der Waals surface area contributed by atoms with Crippen LogP contribution < -0.4 is 10.6 Å². The molecule has 142 valence electrons. The SMILES string of the molecule is O=[N+]([O-])c1c(NCCC2=CCCCC2)ncnc1Nc1ccc(Br)cc1F. The van der Waals surface area contributed by atoms with Crippen molar-refractivity contribution in [3.8, 4) is 0 Å². The minimum absolute atomic E-state index is 0.0596. The molecular weight excluding hydrogens is 417 g/mol. The molecule has 0 bridgehead atoms. The lowest BCUT2D eigenvalue weighted by Gasteiger charge is -2.14. The van der Waals surface area contributed by atoms with Crippen molar-refractivity contribution in [2.45, 2.75) is 32.1 Å². The predicted molar refractivity (Wildman–Crippen MR) is 106 cm³/mol. The highest BCUT2D eigenvalue weighted by Gasteiger charge is 2.23. The number of nitro groups is 1. The third kappa shape index (κ3) is 5.00. The summed E-state index contributed by atoms with van der Waals surface area (Å²) in [7, 11) is 0. The summed E-state index contributed by atoms with van der Waals surface area (Å²) in [5.41, 5.74) is 1.15. The van der Waals surface area contributed by atoms with Gasteiger partial charge in [0.05, 0.1) is 10.6 Å². The molecule has 1 aromatic carbocycles. The molecule has 0 saturated heterocycles. The molecule has 7 nitrogen and oxygen atoms in total. The van der Waals surface area contributed by atoms with Crippen molar-refractivity contribution in [2.75, 3.05) is 17.2 Å². The van der Waals surface area contributed by atoms with E-state index in [9.17, 15) is 14.5 Å². The predicted octanol–water partition coefficient (Wildman–Crippen LogP) is 5.33. The van der Waals surface area contributed by atoms with Crippen molar-refractivity contribution in [3.63, 3.8) is 0 Å².